The van der Waals surface area contributed by atoms with Crippen molar-refractivity contribution in [3.05, 3.63) is 60.0 Å². The Kier molecular flexibility index (Phi) is 6.34. The van der Waals surface area contributed by atoms with Crippen molar-refractivity contribution < 1.29 is 0 Å². The predicted octanol–water partition coefficient (Wildman–Crippen LogP) is 6.43. The van der Waals surface area contributed by atoms with Gasteiger partial charge in [-0.15, -0.1) is 0 Å². The quantitative estimate of drug-likeness (QED) is 0.612. The molecule has 0 aromatic carbocycles. The number of fused-ring (bicyclic) bond motifs is 2. The molecule has 2 fully saturated rings. The van der Waals surface area contributed by atoms with Gasteiger partial charge in [0.05, 0.1) is 5.69 Å². The SMILES string of the molecule is C=C1C=CNc2nc(C3=CC=CCC3)c(C3CCC4NCCCC4C3)cc21.CC. The fourth-order valence-corrected chi connectivity index (χ4v) is 5.35. The molecule has 2 aliphatic heterocycles. The van der Waals surface area contributed by atoms with Gasteiger partial charge >= 0.3 is 0 Å². The normalized spacial score (nSPS) is 27.7. The van der Waals surface area contributed by atoms with Gasteiger partial charge in [0.15, 0.2) is 0 Å². The standard InChI is InChI=1S/C24H29N3.C2H6/c1-16-11-13-26-24-20(16)15-21(23(27-24)17-6-3-2-4-7-17)18-9-10-22-19(14-18)8-5-12-25-22;1-2/h2-3,6,11,13,15,18-19,22,25H,1,4-5,7-10,12,14H2,(H,26,27);1-2H3. The largest absolute Gasteiger partial charge is 0.346 e. The van der Waals surface area contributed by atoms with E-state index in [1.807, 2.05) is 20.0 Å². The number of hydrogen-bond acceptors (Lipinski definition) is 3. The summed E-state index contributed by atoms with van der Waals surface area (Å²) in [6.07, 6.45) is 19.5. The van der Waals surface area contributed by atoms with Crippen LogP contribution in [0.4, 0.5) is 5.82 Å². The van der Waals surface area contributed by atoms with E-state index in [9.17, 15) is 0 Å². The first-order valence-electron chi connectivity index (χ1n) is 11.6. The summed E-state index contributed by atoms with van der Waals surface area (Å²) in [6, 6.07) is 3.14. The average molecular weight is 390 g/mol. The Morgan fingerprint density at radius 2 is 2.07 bits per heavy atom. The van der Waals surface area contributed by atoms with Gasteiger partial charge in [-0.3, -0.25) is 0 Å². The molecule has 5 rings (SSSR count). The van der Waals surface area contributed by atoms with Gasteiger partial charge in [-0.1, -0.05) is 38.7 Å². The summed E-state index contributed by atoms with van der Waals surface area (Å²) >= 11 is 0. The summed E-state index contributed by atoms with van der Waals surface area (Å²) in [4.78, 5) is 5.13. The molecule has 3 heteroatoms. The van der Waals surface area contributed by atoms with Crippen molar-refractivity contribution in [2.75, 3.05) is 11.9 Å². The molecule has 4 aliphatic rings. The van der Waals surface area contributed by atoms with Crippen LogP contribution in [0.5, 0.6) is 0 Å². The van der Waals surface area contributed by atoms with Crippen LogP contribution in [0.1, 0.15) is 81.5 Å². The van der Waals surface area contributed by atoms with E-state index in [2.05, 4.69) is 47.6 Å². The van der Waals surface area contributed by atoms with Crippen molar-refractivity contribution in [2.45, 2.75) is 70.8 Å². The average Bonchev–Trinajstić information content (AvgIpc) is 2.80. The summed E-state index contributed by atoms with van der Waals surface area (Å²) in [5.74, 6) is 2.40. The third-order valence-corrected chi connectivity index (χ3v) is 6.80. The highest BCUT2D eigenvalue weighted by atomic mass is 15.0. The van der Waals surface area contributed by atoms with Gasteiger partial charge in [-0.2, -0.15) is 0 Å². The topological polar surface area (TPSA) is 37.0 Å². The number of aromatic nitrogens is 1. The Morgan fingerprint density at radius 3 is 2.90 bits per heavy atom. The van der Waals surface area contributed by atoms with Crippen molar-refractivity contribution in [3.63, 3.8) is 0 Å². The molecule has 2 aliphatic carbocycles. The molecule has 29 heavy (non-hydrogen) atoms. The van der Waals surface area contributed by atoms with E-state index >= 15 is 0 Å². The number of nitrogens with zero attached hydrogens (tertiary/aromatic N) is 1. The first-order chi connectivity index (χ1) is 14.3. The van der Waals surface area contributed by atoms with Crippen LogP contribution < -0.4 is 10.6 Å². The van der Waals surface area contributed by atoms with E-state index in [1.165, 1.54) is 61.0 Å². The van der Waals surface area contributed by atoms with Gasteiger partial charge in [-0.25, -0.2) is 4.98 Å². The summed E-state index contributed by atoms with van der Waals surface area (Å²) in [7, 11) is 0. The van der Waals surface area contributed by atoms with Gasteiger partial charge in [0.2, 0.25) is 0 Å². The zero-order valence-corrected chi connectivity index (χ0v) is 18.0. The monoisotopic (exact) mass is 389 g/mol. The van der Waals surface area contributed by atoms with Crippen molar-refractivity contribution in [3.8, 4) is 0 Å². The molecule has 2 N–H and O–H groups in total. The minimum Gasteiger partial charge on any atom is -0.346 e. The fraction of sp³-hybridized carbons (Fsp3) is 0.500. The van der Waals surface area contributed by atoms with Crippen LogP contribution in [0, 0.1) is 5.92 Å². The first-order valence-corrected chi connectivity index (χ1v) is 11.6. The molecule has 154 valence electrons. The predicted molar refractivity (Wildman–Crippen MR) is 125 cm³/mol. The molecule has 0 radical (unpaired) electrons. The van der Waals surface area contributed by atoms with Crippen molar-refractivity contribution in [2.24, 2.45) is 5.92 Å². The number of hydrogen-bond donors (Lipinski definition) is 2. The van der Waals surface area contributed by atoms with E-state index < -0.39 is 0 Å². The summed E-state index contributed by atoms with van der Waals surface area (Å²) in [5, 5.41) is 7.10. The highest BCUT2D eigenvalue weighted by Crippen LogP contribution is 2.44. The highest BCUT2D eigenvalue weighted by Gasteiger charge is 2.34. The van der Waals surface area contributed by atoms with E-state index in [4.69, 9.17) is 4.98 Å². The molecule has 3 atom stereocenters. The van der Waals surface area contributed by atoms with Crippen LogP contribution >= 0.6 is 0 Å². The lowest BCUT2D eigenvalue weighted by atomic mass is 9.71. The lowest BCUT2D eigenvalue weighted by Crippen LogP contribution is -2.44. The van der Waals surface area contributed by atoms with Gasteiger partial charge in [0.1, 0.15) is 5.82 Å². The second-order valence-electron chi connectivity index (χ2n) is 8.46. The maximum Gasteiger partial charge on any atom is 0.138 e. The molecule has 3 unspecified atom stereocenters. The molecule has 3 nitrogen and oxygen atoms in total. The lowest BCUT2D eigenvalue weighted by Gasteiger charge is -2.40. The van der Waals surface area contributed by atoms with Crippen molar-refractivity contribution >= 4 is 17.0 Å². The fourth-order valence-electron chi connectivity index (χ4n) is 5.35. The van der Waals surface area contributed by atoms with E-state index in [0.717, 1.165) is 36.2 Å². The number of piperidine rings is 1. The summed E-state index contributed by atoms with van der Waals surface area (Å²) < 4.78 is 0. The Bertz CT molecular complexity index is 846. The van der Waals surface area contributed by atoms with Gasteiger partial charge in [-0.05, 0) is 92.2 Å². The summed E-state index contributed by atoms with van der Waals surface area (Å²) in [6.45, 7) is 9.45. The zero-order valence-electron chi connectivity index (χ0n) is 18.0. The number of nitrogens with one attached hydrogen (secondary N) is 2. The lowest BCUT2D eigenvalue weighted by molar-refractivity contribution is 0.194. The highest BCUT2D eigenvalue weighted by molar-refractivity contribution is 5.84. The van der Waals surface area contributed by atoms with Crippen LogP contribution in [0.2, 0.25) is 0 Å². The minimum absolute atomic E-state index is 0.615. The Morgan fingerprint density at radius 1 is 1.17 bits per heavy atom. The van der Waals surface area contributed by atoms with Gasteiger partial charge < -0.3 is 10.6 Å². The Hall–Kier alpha value is -2.13. The van der Waals surface area contributed by atoms with E-state index in [0.29, 0.717) is 5.92 Å². The molecule has 0 bridgehead atoms. The van der Waals surface area contributed by atoms with Crippen LogP contribution in [0.25, 0.3) is 11.1 Å². The first kappa shape index (κ1) is 20.2. The number of pyridine rings is 1. The van der Waals surface area contributed by atoms with E-state index in [1.54, 1.807) is 0 Å². The van der Waals surface area contributed by atoms with Gasteiger partial charge in [0.25, 0.3) is 0 Å². The smallest absolute Gasteiger partial charge is 0.138 e. The number of anilines is 1. The second-order valence-corrected chi connectivity index (χ2v) is 8.46. The molecule has 1 saturated heterocycles. The molecule has 3 heterocycles. The van der Waals surface area contributed by atoms with E-state index in [-0.39, 0.29) is 0 Å². The third-order valence-electron chi connectivity index (χ3n) is 6.80. The molecular weight excluding hydrogens is 354 g/mol. The Labute approximate surface area is 176 Å². The van der Waals surface area contributed by atoms with Gasteiger partial charge in [0, 0.05) is 17.8 Å². The van der Waals surface area contributed by atoms with Crippen molar-refractivity contribution in [1.82, 2.24) is 10.3 Å². The molecule has 0 spiro atoms. The summed E-state index contributed by atoms with van der Waals surface area (Å²) in [5.41, 5.74) is 6.31. The molecule has 0 amide bonds. The number of rotatable bonds is 2. The van der Waals surface area contributed by atoms with Crippen LogP contribution in [0.15, 0.2) is 43.1 Å². The molecule has 1 saturated carbocycles. The third kappa shape index (κ3) is 4.11. The molecule has 1 aromatic rings. The van der Waals surface area contributed by atoms with Crippen LogP contribution in [0.3, 0.4) is 0 Å². The van der Waals surface area contributed by atoms with Crippen molar-refractivity contribution in [1.29, 1.82) is 0 Å². The maximum absolute atomic E-state index is 5.13. The van der Waals surface area contributed by atoms with Crippen LogP contribution in [-0.2, 0) is 0 Å². The molecule has 1 aromatic heterocycles. The zero-order chi connectivity index (χ0) is 20.2. The van der Waals surface area contributed by atoms with Crippen LogP contribution in [-0.4, -0.2) is 17.6 Å². The molecular formula is C26H35N3. The second kappa shape index (κ2) is 9.13. The minimum atomic E-state index is 0.615. The maximum atomic E-state index is 5.13. The number of allylic oxidation sites excluding steroid dienone is 6. The Balaban J connectivity index is 0.000000994.